The Morgan fingerprint density at radius 1 is 1.00 bits per heavy atom. The summed E-state index contributed by atoms with van der Waals surface area (Å²) in [6.07, 6.45) is 0. The molecule has 0 heterocycles. The van der Waals surface area contributed by atoms with Crippen molar-refractivity contribution in [2.24, 2.45) is 0 Å². The zero-order valence-corrected chi connectivity index (χ0v) is 14.5. The fourth-order valence-electron chi connectivity index (χ4n) is 2.55. The first kappa shape index (κ1) is 18.4. The predicted molar refractivity (Wildman–Crippen MR) is 97.0 cm³/mol. The fourth-order valence-corrected chi connectivity index (χ4v) is 2.55. The molecule has 5 nitrogen and oxygen atoms in total. The minimum Gasteiger partial charge on any atom is -0.326 e. The van der Waals surface area contributed by atoms with Crippen LogP contribution in [0.15, 0.2) is 48.5 Å². The van der Waals surface area contributed by atoms with E-state index in [9.17, 15) is 14.0 Å². The smallest absolute Gasteiger partial charge is 0.322 e. The molecule has 6 heteroatoms. The predicted octanol–water partition coefficient (Wildman–Crippen LogP) is 4.40. The summed E-state index contributed by atoms with van der Waals surface area (Å²) in [5.41, 5.74) is 2.15. The van der Waals surface area contributed by atoms with E-state index in [1.807, 2.05) is 13.8 Å². The monoisotopic (exact) mass is 343 g/mol. The minimum atomic E-state index is -0.303. The van der Waals surface area contributed by atoms with Gasteiger partial charge in [0.15, 0.2) is 0 Å². The van der Waals surface area contributed by atoms with E-state index in [1.54, 1.807) is 41.3 Å². The van der Waals surface area contributed by atoms with Gasteiger partial charge in [-0.2, -0.15) is 0 Å². The van der Waals surface area contributed by atoms with E-state index in [-0.39, 0.29) is 23.8 Å². The van der Waals surface area contributed by atoms with Crippen LogP contribution in [-0.4, -0.2) is 23.4 Å². The molecule has 0 aliphatic carbocycles. The van der Waals surface area contributed by atoms with Gasteiger partial charge in [0.05, 0.1) is 6.04 Å². The molecule has 0 fully saturated rings. The van der Waals surface area contributed by atoms with E-state index in [0.717, 1.165) is 5.56 Å². The second-order valence-corrected chi connectivity index (χ2v) is 5.70. The zero-order valence-electron chi connectivity index (χ0n) is 14.5. The molecular formula is C19H22FN3O2. The van der Waals surface area contributed by atoms with Gasteiger partial charge in [0.2, 0.25) is 5.91 Å². The summed E-state index contributed by atoms with van der Waals surface area (Å²) in [5.74, 6) is -0.454. The summed E-state index contributed by atoms with van der Waals surface area (Å²) in [6, 6.07) is 12.6. The Bertz CT molecular complexity index is 729. The van der Waals surface area contributed by atoms with Crippen molar-refractivity contribution >= 4 is 23.3 Å². The van der Waals surface area contributed by atoms with E-state index >= 15 is 0 Å². The number of hydrogen-bond acceptors (Lipinski definition) is 2. The molecule has 0 saturated heterocycles. The number of rotatable bonds is 5. The van der Waals surface area contributed by atoms with Crippen LogP contribution in [0.2, 0.25) is 0 Å². The normalized spacial score (nSPS) is 11.5. The highest BCUT2D eigenvalue weighted by Crippen LogP contribution is 2.22. The molecule has 0 unspecified atom stereocenters. The van der Waals surface area contributed by atoms with Gasteiger partial charge in [0, 0.05) is 24.8 Å². The third-order valence-corrected chi connectivity index (χ3v) is 3.88. The lowest BCUT2D eigenvalue weighted by Crippen LogP contribution is -2.36. The van der Waals surface area contributed by atoms with Crippen LogP contribution in [0.4, 0.5) is 20.6 Å². The number of carbonyl (C=O) groups is 2. The van der Waals surface area contributed by atoms with Crippen LogP contribution in [0, 0.1) is 5.82 Å². The number of nitrogens with zero attached hydrogens (tertiary/aromatic N) is 1. The van der Waals surface area contributed by atoms with Gasteiger partial charge in [-0.15, -0.1) is 0 Å². The molecule has 0 aliphatic rings. The summed E-state index contributed by atoms with van der Waals surface area (Å²) in [6.45, 7) is 5.73. The molecule has 132 valence electrons. The first-order chi connectivity index (χ1) is 11.9. The quantitative estimate of drug-likeness (QED) is 0.845. The van der Waals surface area contributed by atoms with E-state index in [1.165, 1.54) is 19.1 Å². The number of halogens is 1. The molecular weight excluding hydrogens is 321 g/mol. The Hall–Kier alpha value is -2.89. The Labute approximate surface area is 146 Å². The maximum atomic E-state index is 13.1. The van der Waals surface area contributed by atoms with Gasteiger partial charge >= 0.3 is 6.03 Å². The number of amides is 3. The van der Waals surface area contributed by atoms with Gasteiger partial charge in [0.25, 0.3) is 0 Å². The second kappa shape index (κ2) is 8.28. The van der Waals surface area contributed by atoms with Gasteiger partial charge in [-0.25, -0.2) is 9.18 Å². The molecule has 2 aromatic carbocycles. The molecule has 3 amide bonds. The van der Waals surface area contributed by atoms with Crippen molar-refractivity contribution < 1.29 is 14.0 Å². The Balaban J connectivity index is 2.06. The largest absolute Gasteiger partial charge is 0.326 e. The van der Waals surface area contributed by atoms with Gasteiger partial charge in [-0.05, 0) is 55.8 Å². The summed E-state index contributed by atoms with van der Waals surface area (Å²) >= 11 is 0. The Morgan fingerprint density at radius 2 is 1.52 bits per heavy atom. The van der Waals surface area contributed by atoms with Crippen LogP contribution in [0.3, 0.4) is 0 Å². The number of urea groups is 1. The average Bonchev–Trinajstić information content (AvgIpc) is 2.57. The number of anilines is 2. The zero-order chi connectivity index (χ0) is 18.4. The Kier molecular flexibility index (Phi) is 6.11. The highest BCUT2D eigenvalue weighted by molar-refractivity contribution is 5.91. The fraction of sp³-hybridized carbons (Fsp3) is 0.263. The number of hydrogen-bond donors (Lipinski definition) is 2. The number of carbonyl (C=O) groups excluding carboxylic acids is 2. The molecule has 0 radical (unpaired) electrons. The molecule has 25 heavy (non-hydrogen) atoms. The minimum absolute atomic E-state index is 0.151. The molecule has 0 aliphatic heterocycles. The molecule has 1 atom stereocenters. The van der Waals surface area contributed by atoms with E-state index in [4.69, 9.17) is 0 Å². The van der Waals surface area contributed by atoms with E-state index in [0.29, 0.717) is 17.9 Å². The van der Waals surface area contributed by atoms with Crippen LogP contribution < -0.4 is 10.6 Å². The highest BCUT2D eigenvalue weighted by atomic mass is 19.1. The van der Waals surface area contributed by atoms with Crippen molar-refractivity contribution in [1.82, 2.24) is 4.90 Å². The van der Waals surface area contributed by atoms with Gasteiger partial charge in [-0.1, -0.05) is 12.1 Å². The molecule has 0 saturated carbocycles. The van der Waals surface area contributed by atoms with Crippen LogP contribution >= 0.6 is 0 Å². The molecule has 2 N–H and O–H groups in total. The topological polar surface area (TPSA) is 61.4 Å². The molecule has 2 rings (SSSR count). The van der Waals surface area contributed by atoms with Crippen LogP contribution in [0.25, 0.3) is 0 Å². The summed E-state index contributed by atoms with van der Waals surface area (Å²) in [7, 11) is 0. The maximum absolute atomic E-state index is 13.1. The molecule has 2 aromatic rings. The van der Waals surface area contributed by atoms with Crippen molar-refractivity contribution in [1.29, 1.82) is 0 Å². The molecule has 0 aromatic heterocycles. The van der Waals surface area contributed by atoms with Crippen molar-refractivity contribution in [2.45, 2.75) is 26.8 Å². The summed E-state index contributed by atoms with van der Waals surface area (Å²) in [5, 5.41) is 5.51. The lowest BCUT2D eigenvalue weighted by Gasteiger charge is -2.28. The average molecular weight is 343 g/mol. The van der Waals surface area contributed by atoms with Crippen molar-refractivity contribution in [3.63, 3.8) is 0 Å². The van der Waals surface area contributed by atoms with Gasteiger partial charge < -0.3 is 15.5 Å². The van der Waals surface area contributed by atoms with Gasteiger partial charge in [0.1, 0.15) is 5.82 Å². The third kappa shape index (κ3) is 5.04. The second-order valence-electron chi connectivity index (χ2n) is 5.70. The van der Waals surface area contributed by atoms with Crippen molar-refractivity contribution in [3.05, 3.63) is 59.9 Å². The van der Waals surface area contributed by atoms with Crippen molar-refractivity contribution in [2.75, 3.05) is 17.2 Å². The lowest BCUT2D eigenvalue weighted by molar-refractivity contribution is -0.114. The van der Waals surface area contributed by atoms with Gasteiger partial charge in [-0.3, -0.25) is 4.79 Å². The van der Waals surface area contributed by atoms with Crippen molar-refractivity contribution in [3.8, 4) is 0 Å². The van der Waals surface area contributed by atoms with E-state index < -0.39 is 0 Å². The SMILES string of the molecule is CCN(C(=O)Nc1ccc(NC(C)=O)cc1)[C@H](C)c1ccc(F)cc1. The maximum Gasteiger partial charge on any atom is 0.322 e. The molecule has 0 spiro atoms. The Morgan fingerprint density at radius 3 is 2.00 bits per heavy atom. The standard InChI is InChI=1S/C19H22FN3O2/c1-4-23(13(2)15-5-7-16(20)8-6-15)19(25)22-18-11-9-17(10-12-18)21-14(3)24/h5-13H,4H2,1-3H3,(H,21,24)(H,22,25)/t13-/m1/s1. The summed E-state index contributed by atoms with van der Waals surface area (Å²) < 4.78 is 13.1. The van der Waals surface area contributed by atoms with Crippen LogP contribution in [0.5, 0.6) is 0 Å². The lowest BCUT2D eigenvalue weighted by atomic mass is 10.1. The highest BCUT2D eigenvalue weighted by Gasteiger charge is 2.20. The molecule has 0 bridgehead atoms. The number of benzene rings is 2. The number of nitrogens with one attached hydrogen (secondary N) is 2. The van der Waals surface area contributed by atoms with E-state index in [2.05, 4.69) is 10.6 Å². The third-order valence-electron chi connectivity index (χ3n) is 3.88. The first-order valence-electron chi connectivity index (χ1n) is 8.11. The van der Waals surface area contributed by atoms with Crippen LogP contribution in [-0.2, 0) is 4.79 Å². The van der Waals surface area contributed by atoms with Crippen LogP contribution in [0.1, 0.15) is 32.4 Å². The summed E-state index contributed by atoms with van der Waals surface area (Å²) in [4.78, 5) is 25.2. The first-order valence-corrected chi connectivity index (χ1v) is 8.11.